The summed E-state index contributed by atoms with van der Waals surface area (Å²) in [5, 5.41) is 13.0. The van der Waals surface area contributed by atoms with E-state index in [1.165, 1.54) is 0 Å². The maximum Gasteiger partial charge on any atom is 0.124 e. The van der Waals surface area contributed by atoms with Crippen molar-refractivity contribution in [2.24, 2.45) is 5.41 Å². The smallest absolute Gasteiger partial charge is 0.124 e. The Morgan fingerprint density at radius 1 is 1.42 bits per heavy atom. The van der Waals surface area contributed by atoms with Gasteiger partial charge in [0.15, 0.2) is 0 Å². The van der Waals surface area contributed by atoms with Gasteiger partial charge in [-0.1, -0.05) is 17.7 Å². The third kappa shape index (κ3) is 5.10. The fourth-order valence-corrected chi connectivity index (χ4v) is 2.06. The van der Waals surface area contributed by atoms with Crippen LogP contribution in [0.5, 0.6) is 5.75 Å². The summed E-state index contributed by atoms with van der Waals surface area (Å²) in [5.41, 5.74) is 0.732. The number of hydrogen-bond acceptors (Lipinski definition) is 3. The summed E-state index contributed by atoms with van der Waals surface area (Å²) < 4.78 is 5.29. The summed E-state index contributed by atoms with van der Waals surface area (Å²) in [6.07, 6.45) is 1.85. The quantitative estimate of drug-likeness (QED) is 0.773. The van der Waals surface area contributed by atoms with Crippen molar-refractivity contribution in [3.8, 4) is 11.8 Å². The van der Waals surface area contributed by atoms with E-state index in [0.717, 1.165) is 30.7 Å². The van der Waals surface area contributed by atoms with Crippen molar-refractivity contribution in [3.05, 3.63) is 28.8 Å². The van der Waals surface area contributed by atoms with E-state index >= 15 is 0 Å². The van der Waals surface area contributed by atoms with Crippen LogP contribution in [0.15, 0.2) is 18.2 Å². The van der Waals surface area contributed by atoms with Gasteiger partial charge in [0.2, 0.25) is 0 Å². The molecule has 0 spiro atoms. The minimum atomic E-state index is -0.246. The molecule has 1 aromatic rings. The van der Waals surface area contributed by atoms with Crippen LogP contribution in [0.3, 0.4) is 0 Å². The van der Waals surface area contributed by atoms with Crippen molar-refractivity contribution in [1.29, 1.82) is 5.26 Å². The van der Waals surface area contributed by atoms with Gasteiger partial charge in [0.25, 0.3) is 0 Å². The number of nitriles is 1. The molecule has 0 saturated carbocycles. The Hall–Kier alpha value is -1.24. The number of halogens is 1. The third-order valence-electron chi connectivity index (χ3n) is 3.06. The summed E-state index contributed by atoms with van der Waals surface area (Å²) in [7, 11) is 1.64. The first-order valence-corrected chi connectivity index (χ1v) is 6.81. The standard InChI is InChI=1S/C15H21ClN2O/c1-15(2,11-17)8-5-9-18-10-12-13(16)6-4-7-14(12)19-3/h4,6-7,18H,5,8-10H2,1-3H3. The Labute approximate surface area is 120 Å². The largest absolute Gasteiger partial charge is 0.496 e. The molecule has 0 aromatic heterocycles. The Morgan fingerprint density at radius 3 is 2.79 bits per heavy atom. The molecule has 4 heteroatoms. The first-order valence-electron chi connectivity index (χ1n) is 6.43. The van der Waals surface area contributed by atoms with Gasteiger partial charge in [0.1, 0.15) is 5.75 Å². The summed E-state index contributed by atoms with van der Waals surface area (Å²) in [4.78, 5) is 0. The molecule has 1 aromatic carbocycles. The molecule has 0 aliphatic rings. The van der Waals surface area contributed by atoms with Crippen LogP contribution in [-0.2, 0) is 6.54 Å². The van der Waals surface area contributed by atoms with Crippen LogP contribution in [0.2, 0.25) is 5.02 Å². The number of rotatable bonds is 7. The fraction of sp³-hybridized carbons (Fsp3) is 0.533. The van der Waals surface area contributed by atoms with E-state index < -0.39 is 0 Å². The summed E-state index contributed by atoms with van der Waals surface area (Å²) in [5.74, 6) is 0.803. The minimum absolute atomic E-state index is 0.246. The Kier molecular flexibility index (Phi) is 6.14. The fourth-order valence-electron chi connectivity index (χ4n) is 1.83. The lowest BCUT2D eigenvalue weighted by Crippen LogP contribution is -2.18. The second-order valence-corrected chi connectivity index (χ2v) is 5.60. The summed E-state index contributed by atoms with van der Waals surface area (Å²) in [6, 6.07) is 7.95. The highest BCUT2D eigenvalue weighted by Crippen LogP contribution is 2.26. The monoisotopic (exact) mass is 280 g/mol. The molecule has 0 unspecified atom stereocenters. The van der Waals surface area contributed by atoms with Gasteiger partial charge in [0, 0.05) is 17.1 Å². The molecular weight excluding hydrogens is 260 g/mol. The molecule has 0 atom stereocenters. The molecule has 0 heterocycles. The van der Waals surface area contributed by atoms with E-state index in [0.29, 0.717) is 11.6 Å². The van der Waals surface area contributed by atoms with Gasteiger partial charge in [-0.05, 0) is 45.4 Å². The topological polar surface area (TPSA) is 45.0 Å². The van der Waals surface area contributed by atoms with Gasteiger partial charge < -0.3 is 10.1 Å². The molecule has 1 rings (SSSR count). The molecule has 0 saturated heterocycles. The van der Waals surface area contributed by atoms with E-state index in [1.54, 1.807) is 7.11 Å². The van der Waals surface area contributed by atoms with E-state index in [2.05, 4.69) is 11.4 Å². The Balaban J connectivity index is 2.40. The van der Waals surface area contributed by atoms with Crippen LogP contribution in [0, 0.1) is 16.7 Å². The number of hydrogen-bond donors (Lipinski definition) is 1. The average molecular weight is 281 g/mol. The van der Waals surface area contributed by atoms with Crippen LogP contribution in [0.1, 0.15) is 32.3 Å². The van der Waals surface area contributed by atoms with Crippen molar-refractivity contribution in [1.82, 2.24) is 5.32 Å². The predicted molar refractivity (Wildman–Crippen MR) is 78.3 cm³/mol. The highest BCUT2D eigenvalue weighted by atomic mass is 35.5. The lowest BCUT2D eigenvalue weighted by molar-refractivity contribution is 0.404. The van der Waals surface area contributed by atoms with Crippen LogP contribution >= 0.6 is 11.6 Å². The number of nitrogens with one attached hydrogen (secondary N) is 1. The van der Waals surface area contributed by atoms with Crippen molar-refractivity contribution >= 4 is 11.6 Å². The minimum Gasteiger partial charge on any atom is -0.496 e. The zero-order valence-corrected chi connectivity index (χ0v) is 12.5. The highest BCUT2D eigenvalue weighted by Gasteiger charge is 2.15. The molecule has 0 amide bonds. The number of nitrogens with zero attached hydrogens (tertiary/aromatic N) is 1. The Bertz CT molecular complexity index is 452. The maximum atomic E-state index is 8.93. The van der Waals surface area contributed by atoms with Crippen molar-refractivity contribution in [2.45, 2.75) is 33.2 Å². The van der Waals surface area contributed by atoms with Crippen LogP contribution in [0.4, 0.5) is 0 Å². The van der Waals surface area contributed by atoms with E-state index in [1.807, 2.05) is 32.0 Å². The molecule has 19 heavy (non-hydrogen) atoms. The van der Waals surface area contributed by atoms with Crippen molar-refractivity contribution < 1.29 is 4.74 Å². The van der Waals surface area contributed by atoms with E-state index in [-0.39, 0.29) is 5.41 Å². The second kappa shape index (κ2) is 7.37. The zero-order chi connectivity index (χ0) is 14.3. The van der Waals surface area contributed by atoms with E-state index in [4.69, 9.17) is 21.6 Å². The summed E-state index contributed by atoms with van der Waals surface area (Å²) >= 11 is 6.15. The molecule has 0 radical (unpaired) electrons. The van der Waals surface area contributed by atoms with Gasteiger partial charge in [-0.15, -0.1) is 0 Å². The predicted octanol–water partition coefficient (Wildman–Crippen LogP) is 3.77. The second-order valence-electron chi connectivity index (χ2n) is 5.20. The average Bonchev–Trinajstić information content (AvgIpc) is 2.39. The van der Waals surface area contributed by atoms with Gasteiger partial charge in [0.05, 0.1) is 18.6 Å². The lowest BCUT2D eigenvalue weighted by atomic mass is 9.90. The van der Waals surface area contributed by atoms with Gasteiger partial charge in [-0.3, -0.25) is 0 Å². The molecule has 104 valence electrons. The molecule has 0 bridgehead atoms. The highest BCUT2D eigenvalue weighted by molar-refractivity contribution is 6.31. The van der Waals surface area contributed by atoms with Crippen LogP contribution < -0.4 is 10.1 Å². The van der Waals surface area contributed by atoms with Crippen molar-refractivity contribution in [3.63, 3.8) is 0 Å². The number of benzene rings is 1. The molecule has 1 N–H and O–H groups in total. The molecule has 0 fully saturated rings. The van der Waals surface area contributed by atoms with Gasteiger partial charge in [-0.2, -0.15) is 5.26 Å². The first kappa shape index (κ1) is 15.8. The zero-order valence-electron chi connectivity index (χ0n) is 11.8. The number of ether oxygens (including phenoxy) is 1. The lowest BCUT2D eigenvalue weighted by Gasteiger charge is -2.15. The summed E-state index contributed by atoms with van der Waals surface area (Å²) in [6.45, 7) is 5.46. The van der Waals surface area contributed by atoms with Gasteiger partial charge >= 0.3 is 0 Å². The van der Waals surface area contributed by atoms with Crippen molar-refractivity contribution in [2.75, 3.05) is 13.7 Å². The number of methoxy groups -OCH3 is 1. The molecule has 3 nitrogen and oxygen atoms in total. The van der Waals surface area contributed by atoms with E-state index in [9.17, 15) is 0 Å². The molecular formula is C15H21ClN2O. The Morgan fingerprint density at radius 2 is 2.16 bits per heavy atom. The van der Waals surface area contributed by atoms with Crippen LogP contribution in [0.25, 0.3) is 0 Å². The molecule has 0 aliphatic carbocycles. The maximum absolute atomic E-state index is 8.93. The third-order valence-corrected chi connectivity index (χ3v) is 3.41. The SMILES string of the molecule is COc1cccc(Cl)c1CNCCCC(C)(C)C#N. The van der Waals surface area contributed by atoms with Gasteiger partial charge in [-0.25, -0.2) is 0 Å². The molecule has 0 aliphatic heterocycles. The normalized spacial score (nSPS) is 11.1. The van der Waals surface area contributed by atoms with Crippen LogP contribution in [-0.4, -0.2) is 13.7 Å². The first-order chi connectivity index (χ1) is 9.00.